The molecule has 90 valence electrons. The third kappa shape index (κ3) is 2.48. The van der Waals surface area contributed by atoms with Gasteiger partial charge in [-0.25, -0.2) is 0 Å². The summed E-state index contributed by atoms with van der Waals surface area (Å²) in [6.07, 6.45) is 3.37. The maximum atomic E-state index is 11.9. The van der Waals surface area contributed by atoms with Crippen LogP contribution in [-0.2, 0) is 20.6 Å². The van der Waals surface area contributed by atoms with Gasteiger partial charge in [-0.2, -0.15) is 10.2 Å². The molecule has 0 unspecified atom stereocenters. The van der Waals surface area contributed by atoms with E-state index in [1.165, 1.54) is 0 Å². The predicted octanol–water partition coefficient (Wildman–Crippen LogP) is 0.688. The number of aromatic nitrogens is 4. The maximum Gasteiger partial charge on any atom is 0.270 e. The topological polar surface area (TPSA) is 64.7 Å². The van der Waals surface area contributed by atoms with Crippen LogP contribution < -0.4 is 5.32 Å². The van der Waals surface area contributed by atoms with E-state index in [1.54, 1.807) is 28.8 Å². The average Bonchev–Trinajstić information content (AvgIpc) is 2.83. The van der Waals surface area contributed by atoms with Crippen LogP contribution in [0.5, 0.6) is 0 Å². The van der Waals surface area contributed by atoms with Crippen LogP contribution >= 0.6 is 22.6 Å². The Morgan fingerprint density at radius 3 is 2.71 bits per heavy atom. The lowest BCUT2D eigenvalue weighted by Crippen LogP contribution is -2.26. The van der Waals surface area contributed by atoms with Gasteiger partial charge in [-0.05, 0) is 28.7 Å². The van der Waals surface area contributed by atoms with Gasteiger partial charge in [0.05, 0.1) is 22.0 Å². The zero-order valence-electron chi connectivity index (χ0n) is 9.51. The van der Waals surface area contributed by atoms with Gasteiger partial charge in [0.25, 0.3) is 5.91 Å². The van der Waals surface area contributed by atoms with Gasteiger partial charge >= 0.3 is 0 Å². The number of nitrogens with one attached hydrogen (secondary N) is 1. The quantitative estimate of drug-likeness (QED) is 0.833. The highest BCUT2D eigenvalue weighted by Gasteiger charge is 2.14. The fourth-order valence-electron chi connectivity index (χ4n) is 1.50. The number of hydrogen-bond donors (Lipinski definition) is 1. The molecule has 2 rings (SSSR count). The fraction of sp³-hybridized carbons (Fsp3) is 0.300. The second kappa shape index (κ2) is 4.86. The summed E-state index contributed by atoms with van der Waals surface area (Å²) < 4.78 is 4.14. The smallest absolute Gasteiger partial charge is 0.270 e. The highest BCUT2D eigenvalue weighted by Crippen LogP contribution is 2.10. The number of halogens is 1. The first-order valence-corrected chi connectivity index (χ1v) is 6.10. The molecule has 0 spiro atoms. The van der Waals surface area contributed by atoms with E-state index in [-0.39, 0.29) is 5.91 Å². The standard InChI is InChI=1S/C10H12IN5O/c1-15-7(3-4-13-15)5-12-10(17)9-8(11)6-14-16(9)2/h3-4,6H,5H2,1-2H3,(H,12,17). The molecule has 0 saturated heterocycles. The number of carbonyl (C=O) groups excluding carboxylic acids is 1. The summed E-state index contributed by atoms with van der Waals surface area (Å²) in [5.74, 6) is -0.129. The first-order valence-electron chi connectivity index (χ1n) is 5.02. The van der Waals surface area contributed by atoms with Gasteiger partial charge in [-0.3, -0.25) is 14.2 Å². The van der Waals surface area contributed by atoms with Crippen LogP contribution in [-0.4, -0.2) is 25.5 Å². The first kappa shape index (κ1) is 12.1. The molecule has 0 aliphatic heterocycles. The van der Waals surface area contributed by atoms with Crippen LogP contribution in [0.15, 0.2) is 18.5 Å². The predicted molar refractivity (Wildman–Crippen MR) is 70.3 cm³/mol. The minimum Gasteiger partial charge on any atom is -0.345 e. The molecule has 2 aromatic heterocycles. The van der Waals surface area contributed by atoms with Crippen molar-refractivity contribution >= 4 is 28.5 Å². The van der Waals surface area contributed by atoms with E-state index >= 15 is 0 Å². The Bertz CT molecular complexity index is 525. The molecule has 17 heavy (non-hydrogen) atoms. The zero-order chi connectivity index (χ0) is 12.4. The van der Waals surface area contributed by atoms with Crippen LogP contribution in [0.3, 0.4) is 0 Å². The van der Waals surface area contributed by atoms with Crippen LogP contribution in [0.2, 0.25) is 0 Å². The number of nitrogens with zero attached hydrogens (tertiary/aromatic N) is 4. The van der Waals surface area contributed by atoms with Crippen molar-refractivity contribution in [3.05, 3.63) is 33.4 Å². The van der Waals surface area contributed by atoms with Gasteiger partial charge in [0.1, 0.15) is 5.69 Å². The van der Waals surface area contributed by atoms with Crippen LogP contribution in [0.25, 0.3) is 0 Å². The highest BCUT2D eigenvalue weighted by molar-refractivity contribution is 14.1. The van der Waals surface area contributed by atoms with E-state index in [0.29, 0.717) is 12.2 Å². The van der Waals surface area contributed by atoms with E-state index in [0.717, 1.165) is 9.26 Å². The molecule has 2 heterocycles. The summed E-state index contributed by atoms with van der Waals surface area (Å²) in [6.45, 7) is 0.455. The lowest BCUT2D eigenvalue weighted by atomic mass is 10.3. The van der Waals surface area contributed by atoms with Crippen LogP contribution in [0.1, 0.15) is 16.2 Å². The SMILES string of the molecule is Cn1nccc1CNC(=O)c1c(I)cnn1C. The Kier molecular flexibility index (Phi) is 3.46. The molecule has 0 aliphatic carbocycles. The molecule has 7 heteroatoms. The molecule has 6 nitrogen and oxygen atoms in total. The second-order valence-electron chi connectivity index (χ2n) is 3.59. The van der Waals surface area contributed by atoms with Crippen molar-refractivity contribution in [2.24, 2.45) is 14.1 Å². The fourth-order valence-corrected chi connectivity index (χ4v) is 2.21. The van der Waals surface area contributed by atoms with Crippen molar-refractivity contribution in [2.75, 3.05) is 0 Å². The van der Waals surface area contributed by atoms with Gasteiger partial charge in [-0.15, -0.1) is 0 Å². The summed E-state index contributed by atoms with van der Waals surface area (Å²) >= 11 is 2.09. The van der Waals surface area contributed by atoms with E-state index in [1.807, 2.05) is 13.1 Å². The molecule has 0 fully saturated rings. The van der Waals surface area contributed by atoms with E-state index in [2.05, 4.69) is 38.1 Å². The first-order chi connectivity index (χ1) is 8.09. The minimum absolute atomic E-state index is 0.129. The molecule has 0 radical (unpaired) electrons. The Labute approximate surface area is 112 Å². The monoisotopic (exact) mass is 345 g/mol. The third-order valence-corrected chi connectivity index (χ3v) is 3.25. The number of hydrogen-bond acceptors (Lipinski definition) is 3. The largest absolute Gasteiger partial charge is 0.345 e. The maximum absolute atomic E-state index is 11.9. The molecular formula is C10H12IN5O. The third-order valence-electron chi connectivity index (χ3n) is 2.46. The molecular weight excluding hydrogens is 333 g/mol. The number of amides is 1. The zero-order valence-corrected chi connectivity index (χ0v) is 11.7. The van der Waals surface area contributed by atoms with E-state index in [9.17, 15) is 4.79 Å². The summed E-state index contributed by atoms with van der Waals surface area (Å²) in [6, 6.07) is 1.87. The Hall–Kier alpha value is -1.38. The number of carbonyl (C=O) groups is 1. The number of aryl methyl sites for hydroxylation is 2. The van der Waals surface area contributed by atoms with Crippen molar-refractivity contribution < 1.29 is 4.79 Å². The van der Waals surface area contributed by atoms with Crippen molar-refractivity contribution in [1.82, 2.24) is 24.9 Å². The van der Waals surface area contributed by atoms with Gasteiger partial charge in [0.15, 0.2) is 0 Å². The molecule has 0 bridgehead atoms. The Balaban J connectivity index is 2.06. The minimum atomic E-state index is -0.129. The summed E-state index contributed by atoms with van der Waals surface area (Å²) in [7, 11) is 3.59. The lowest BCUT2D eigenvalue weighted by molar-refractivity contribution is 0.0939. The van der Waals surface area contributed by atoms with Gasteiger partial charge in [0, 0.05) is 20.3 Å². The van der Waals surface area contributed by atoms with Crippen molar-refractivity contribution in [3.63, 3.8) is 0 Å². The normalized spacial score (nSPS) is 10.5. The highest BCUT2D eigenvalue weighted by atomic mass is 127. The summed E-state index contributed by atoms with van der Waals surface area (Å²) in [5.41, 5.74) is 1.53. The molecule has 1 amide bonds. The average molecular weight is 345 g/mol. The molecule has 2 aromatic rings. The summed E-state index contributed by atoms with van der Waals surface area (Å²) in [5, 5.41) is 10.9. The van der Waals surface area contributed by atoms with Crippen molar-refractivity contribution in [1.29, 1.82) is 0 Å². The van der Waals surface area contributed by atoms with E-state index in [4.69, 9.17) is 0 Å². The van der Waals surface area contributed by atoms with Gasteiger partial charge in [0.2, 0.25) is 0 Å². The van der Waals surface area contributed by atoms with Gasteiger partial charge in [-0.1, -0.05) is 0 Å². The lowest BCUT2D eigenvalue weighted by Gasteiger charge is -2.06. The van der Waals surface area contributed by atoms with Crippen LogP contribution in [0.4, 0.5) is 0 Å². The Morgan fingerprint density at radius 2 is 2.18 bits per heavy atom. The van der Waals surface area contributed by atoms with Crippen molar-refractivity contribution in [3.8, 4) is 0 Å². The Morgan fingerprint density at radius 1 is 1.41 bits per heavy atom. The second-order valence-corrected chi connectivity index (χ2v) is 4.76. The molecule has 1 N–H and O–H groups in total. The molecule has 0 saturated carbocycles. The van der Waals surface area contributed by atoms with Gasteiger partial charge < -0.3 is 5.32 Å². The molecule has 0 aromatic carbocycles. The van der Waals surface area contributed by atoms with Crippen LogP contribution in [0, 0.1) is 3.57 Å². The van der Waals surface area contributed by atoms with Crippen molar-refractivity contribution in [2.45, 2.75) is 6.54 Å². The molecule has 0 atom stereocenters. The number of rotatable bonds is 3. The van der Waals surface area contributed by atoms with E-state index < -0.39 is 0 Å². The summed E-state index contributed by atoms with van der Waals surface area (Å²) in [4.78, 5) is 11.9. The molecule has 0 aliphatic rings.